The average molecular weight is 561 g/mol. The topological polar surface area (TPSA) is 110 Å². The van der Waals surface area contributed by atoms with Crippen molar-refractivity contribution in [2.45, 2.75) is 32.4 Å². The molecule has 4 rings (SSSR count). The molecular formula is C26H27ClF2N6O4. The lowest BCUT2D eigenvalue weighted by atomic mass is 9.96. The van der Waals surface area contributed by atoms with Gasteiger partial charge in [0.05, 0.1) is 41.7 Å². The zero-order valence-electron chi connectivity index (χ0n) is 21.7. The summed E-state index contributed by atoms with van der Waals surface area (Å²) in [7, 11) is 1.47. The van der Waals surface area contributed by atoms with Crippen LogP contribution in [0.15, 0.2) is 42.9 Å². The monoisotopic (exact) mass is 560 g/mol. The highest BCUT2D eigenvalue weighted by Gasteiger charge is 2.40. The second-order valence-electron chi connectivity index (χ2n) is 9.53. The highest BCUT2D eigenvalue weighted by Crippen LogP contribution is 2.28. The number of hydrogen-bond donors (Lipinski definition) is 1. The summed E-state index contributed by atoms with van der Waals surface area (Å²) in [5, 5.41) is 2.95. The summed E-state index contributed by atoms with van der Waals surface area (Å²) < 4.78 is 37.2. The van der Waals surface area contributed by atoms with Crippen LogP contribution in [0.3, 0.4) is 0 Å². The van der Waals surface area contributed by atoms with Gasteiger partial charge in [0.15, 0.2) is 17.4 Å². The van der Waals surface area contributed by atoms with Crippen molar-refractivity contribution in [2.24, 2.45) is 0 Å². The summed E-state index contributed by atoms with van der Waals surface area (Å²) >= 11 is 6.30. The maximum atomic E-state index is 13.8. The Morgan fingerprint density at radius 2 is 1.82 bits per heavy atom. The van der Waals surface area contributed by atoms with Crippen molar-refractivity contribution in [1.82, 2.24) is 24.8 Å². The Kier molecular flexibility index (Phi) is 8.26. The molecule has 1 atom stereocenters. The number of halogens is 3. The minimum absolute atomic E-state index is 0.0266. The molecule has 2 aromatic heterocycles. The van der Waals surface area contributed by atoms with E-state index >= 15 is 0 Å². The molecule has 0 unspecified atom stereocenters. The minimum atomic E-state index is -0.878. The molecule has 0 saturated carbocycles. The molecule has 2 amide bonds. The van der Waals surface area contributed by atoms with Crippen LogP contribution >= 0.6 is 11.6 Å². The van der Waals surface area contributed by atoms with E-state index in [-0.39, 0.29) is 39.8 Å². The van der Waals surface area contributed by atoms with Gasteiger partial charge in [0.1, 0.15) is 5.82 Å². The number of piperazine rings is 1. The van der Waals surface area contributed by atoms with E-state index in [4.69, 9.17) is 21.1 Å². The van der Waals surface area contributed by atoms with Crippen LogP contribution in [0.1, 0.15) is 31.1 Å². The maximum Gasteiger partial charge on any atom is 0.257 e. The second kappa shape index (κ2) is 11.5. The van der Waals surface area contributed by atoms with Gasteiger partial charge in [-0.25, -0.2) is 23.7 Å². The van der Waals surface area contributed by atoms with Gasteiger partial charge in [-0.1, -0.05) is 11.6 Å². The van der Waals surface area contributed by atoms with Gasteiger partial charge in [0, 0.05) is 38.0 Å². The molecule has 0 bridgehead atoms. The van der Waals surface area contributed by atoms with Gasteiger partial charge in [-0.05, 0) is 32.9 Å². The number of benzene rings is 1. The van der Waals surface area contributed by atoms with E-state index in [1.807, 2.05) is 18.7 Å². The van der Waals surface area contributed by atoms with Crippen LogP contribution in [0.4, 0.5) is 14.6 Å². The molecule has 0 aliphatic carbocycles. The Balaban J connectivity index is 1.36. The maximum absolute atomic E-state index is 13.8. The fraction of sp³-hybridized carbons (Fsp3) is 0.346. The second-order valence-corrected chi connectivity index (χ2v) is 9.94. The number of rotatable bonds is 7. The van der Waals surface area contributed by atoms with Gasteiger partial charge in [0.2, 0.25) is 17.7 Å². The van der Waals surface area contributed by atoms with E-state index in [9.17, 15) is 18.4 Å². The summed E-state index contributed by atoms with van der Waals surface area (Å²) in [6.45, 7) is 6.84. The normalized spacial score (nSPS) is 15.9. The van der Waals surface area contributed by atoms with Crippen LogP contribution in [-0.4, -0.2) is 74.9 Å². The van der Waals surface area contributed by atoms with Crippen molar-refractivity contribution in [1.29, 1.82) is 0 Å². The number of amides is 2. The van der Waals surface area contributed by atoms with E-state index in [1.54, 1.807) is 11.8 Å². The Morgan fingerprint density at radius 3 is 2.44 bits per heavy atom. The summed E-state index contributed by atoms with van der Waals surface area (Å²) in [5.74, 6) is -1.92. The van der Waals surface area contributed by atoms with E-state index in [0.717, 1.165) is 12.1 Å². The first kappa shape index (κ1) is 28.1. The van der Waals surface area contributed by atoms with E-state index in [0.29, 0.717) is 31.6 Å². The Labute approximate surface area is 228 Å². The number of ether oxygens (including phenoxy) is 2. The van der Waals surface area contributed by atoms with Crippen LogP contribution < -0.4 is 14.8 Å². The number of hydrogen-bond acceptors (Lipinski definition) is 8. The molecule has 13 heteroatoms. The molecule has 206 valence electrons. The van der Waals surface area contributed by atoms with Crippen molar-refractivity contribution in [3.8, 4) is 17.5 Å². The van der Waals surface area contributed by atoms with Crippen molar-refractivity contribution >= 4 is 29.2 Å². The molecule has 0 spiro atoms. The summed E-state index contributed by atoms with van der Waals surface area (Å²) in [6, 6.07) is 3.85. The first-order valence-corrected chi connectivity index (χ1v) is 12.4. The van der Waals surface area contributed by atoms with Gasteiger partial charge in [-0.2, -0.15) is 0 Å². The van der Waals surface area contributed by atoms with Gasteiger partial charge < -0.3 is 19.7 Å². The first-order valence-electron chi connectivity index (χ1n) is 12.0. The summed E-state index contributed by atoms with van der Waals surface area (Å²) in [6.07, 6.45) is 3.89. The number of carbonyl (C=O) groups is 2. The van der Waals surface area contributed by atoms with E-state index in [1.165, 1.54) is 31.8 Å². The van der Waals surface area contributed by atoms with Gasteiger partial charge in [-0.15, -0.1) is 0 Å². The fourth-order valence-electron chi connectivity index (χ4n) is 4.23. The molecular weight excluding hydrogens is 534 g/mol. The predicted molar refractivity (Wildman–Crippen MR) is 139 cm³/mol. The van der Waals surface area contributed by atoms with Gasteiger partial charge in [-0.3, -0.25) is 14.5 Å². The molecule has 3 aromatic rings. The largest absolute Gasteiger partial charge is 0.481 e. The first-order chi connectivity index (χ1) is 18.5. The molecule has 0 radical (unpaired) electrons. The molecule has 1 aliphatic rings. The van der Waals surface area contributed by atoms with Crippen LogP contribution in [-0.2, 0) is 4.79 Å². The average Bonchev–Trinajstić information content (AvgIpc) is 2.89. The number of methoxy groups -OCH3 is 1. The lowest BCUT2D eigenvalue weighted by Gasteiger charge is -2.48. The Morgan fingerprint density at radius 1 is 1.08 bits per heavy atom. The van der Waals surface area contributed by atoms with Crippen molar-refractivity contribution in [3.05, 3.63) is 65.1 Å². The third-order valence-electron chi connectivity index (χ3n) is 6.36. The zero-order chi connectivity index (χ0) is 28.3. The van der Waals surface area contributed by atoms with Crippen LogP contribution in [0.25, 0.3) is 0 Å². The molecule has 1 aliphatic heterocycles. The van der Waals surface area contributed by atoms with Crippen molar-refractivity contribution in [2.75, 3.05) is 32.1 Å². The number of carbonyl (C=O) groups excluding carboxylic acids is 2. The smallest absolute Gasteiger partial charge is 0.257 e. The Hall–Kier alpha value is -3.90. The lowest BCUT2D eigenvalue weighted by molar-refractivity contribution is -0.122. The standard InChI is InChI=1S/C26H27ClF2N6O4/c1-15(24(36)33-21-12-32-23(13-30-21)39-20-6-5-16(28)9-19(20)29)34-7-8-35(26(2,3)14-34)25(37)17-11-31-22(38-4)10-18(17)27/h5-6,9-13,15H,7-8,14H2,1-4H3,(H,30,33,36)/t15-/m0/s1. The van der Waals surface area contributed by atoms with Gasteiger partial charge in [0.25, 0.3) is 5.91 Å². The van der Waals surface area contributed by atoms with E-state index < -0.39 is 23.2 Å². The number of pyridine rings is 1. The van der Waals surface area contributed by atoms with Gasteiger partial charge >= 0.3 is 0 Å². The SMILES string of the molecule is COc1cc(Cl)c(C(=O)N2CCN([C@@H](C)C(=O)Nc3cnc(Oc4ccc(F)cc4F)cn3)CC2(C)C)cn1. The molecule has 1 aromatic carbocycles. The third-order valence-corrected chi connectivity index (χ3v) is 6.67. The molecule has 10 nitrogen and oxygen atoms in total. The number of aromatic nitrogens is 3. The van der Waals surface area contributed by atoms with Crippen LogP contribution in [0.2, 0.25) is 5.02 Å². The predicted octanol–water partition coefficient (Wildman–Crippen LogP) is 4.17. The van der Waals surface area contributed by atoms with Crippen LogP contribution in [0, 0.1) is 11.6 Å². The molecule has 1 N–H and O–H groups in total. The summed E-state index contributed by atoms with van der Waals surface area (Å²) in [4.78, 5) is 42.1. The Bertz CT molecular complexity index is 1380. The quantitative estimate of drug-likeness (QED) is 0.458. The van der Waals surface area contributed by atoms with Crippen LogP contribution in [0.5, 0.6) is 17.5 Å². The third kappa shape index (κ3) is 6.40. The molecule has 1 saturated heterocycles. The number of nitrogens with zero attached hydrogens (tertiary/aromatic N) is 5. The van der Waals surface area contributed by atoms with Crippen molar-refractivity contribution < 1.29 is 27.8 Å². The molecule has 3 heterocycles. The summed E-state index contributed by atoms with van der Waals surface area (Å²) in [5.41, 5.74) is -0.334. The molecule has 39 heavy (non-hydrogen) atoms. The lowest BCUT2D eigenvalue weighted by Crippen LogP contribution is -2.63. The fourth-order valence-corrected chi connectivity index (χ4v) is 4.45. The van der Waals surface area contributed by atoms with E-state index in [2.05, 4.69) is 20.3 Å². The van der Waals surface area contributed by atoms with Crippen molar-refractivity contribution in [3.63, 3.8) is 0 Å². The number of nitrogens with one attached hydrogen (secondary N) is 1. The highest BCUT2D eigenvalue weighted by molar-refractivity contribution is 6.33. The zero-order valence-corrected chi connectivity index (χ0v) is 22.5. The minimum Gasteiger partial charge on any atom is -0.481 e. The number of anilines is 1. The molecule has 1 fully saturated rings. The highest BCUT2D eigenvalue weighted by atomic mass is 35.5.